The van der Waals surface area contributed by atoms with Crippen LogP contribution in [-0.4, -0.2) is 46.3 Å². The maximum Gasteiger partial charge on any atom is 0.179 e. The minimum Gasteiger partial charge on any atom is -0.382 e. The molecule has 0 aliphatic rings. The molecule has 0 amide bonds. The van der Waals surface area contributed by atoms with Gasteiger partial charge in [-0.1, -0.05) is 13.3 Å². The summed E-state index contributed by atoms with van der Waals surface area (Å²) in [4.78, 5) is 3.30. The molecule has 0 saturated heterocycles. The molecule has 0 atom stereocenters. The monoisotopic (exact) mass is 312 g/mol. The van der Waals surface area contributed by atoms with Gasteiger partial charge in [-0.25, -0.2) is 0 Å². The Bertz CT molecular complexity index is 629. The van der Waals surface area contributed by atoms with Crippen molar-refractivity contribution in [3.63, 3.8) is 0 Å². The number of aromatic amines is 1. The van der Waals surface area contributed by atoms with Crippen molar-refractivity contribution in [1.82, 2.24) is 19.3 Å². The first-order chi connectivity index (χ1) is 10.2. The second-order valence-corrected chi connectivity index (χ2v) is 5.45. The van der Waals surface area contributed by atoms with Gasteiger partial charge in [-0.2, -0.15) is 5.10 Å². The van der Waals surface area contributed by atoms with Gasteiger partial charge in [-0.3, -0.25) is 4.68 Å². The van der Waals surface area contributed by atoms with Crippen molar-refractivity contribution < 1.29 is 9.47 Å². The van der Waals surface area contributed by atoms with E-state index in [1.165, 1.54) is 0 Å². The van der Waals surface area contributed by atoms with Gasteiger partial charge in [0.15, 0.2) is 10.4 Å². The van der Waals surface area contributed by atoms with Crippen LogP contribution in [0.1, 0.15) is 25.5 Å². The number of hydrogen-bond acceptors (Lipinski definition) is 4. The first kappa shape index (κ1) is 16.2. The third-order valence-electron chi connectivity index (χ3n) is 3.41. The number of ether oxygens (including phenoxy) is 2. The van der Waals surface area contributed by atoms with Crippen LogP contribution in [0.4, 0.5) is 0 Å². The Balaban J connectivity index is 2.06. The number of fused-ring (bicyclic) bond motifs is 1. The topological polar surface area (TPSA) is 57.0 Å². The van der Waals surface area contributed by atoms with Crippen molar-refractivity contribution in [1.29, 1.82) is 0 Å². The summed E-state index contributed by atoms with van der Waals surface area (Å²) in [5.74, 6) is 0. The molecule has 2 heterocycles. The quantitative estimate of drug-likeness (QED) is 0.571. The zero-order valence-electron chi connectivity index (χ0n) is 13.0. The van der Waals surface area contributed by atoms with Crippen LogP contribution < -0.4 is 0 Å². The van der Waals surface area contributed by atoms with Crippen molar-refractivity contribution in [3.05, 3.63) is 10.5 Å². The molecule has 21 heavy (non-hydrogen) atoms. The highest BCUT2D eigenvalue weighted by atomic mass is 32.1. The first-order valence-corrected chi connectivity index (χ1v) is 7.81. The Morgan fingerprint density at radius 1 is 1.29 bits per heavy atom. The Kier molecular flexibility index (Phi) is 5.96. The lowest BCUT2D eigenvalue weighted by molar-refractivity contribution is 0.0680. The highest BCUT2D eigenvalue weighted by Crippen LogP contribution is 2.19. The molecular weight excluding hydrogens is 288 g/mol. The zero-order chi connectivity index (χ0) is 15.2. The summed E-state index contributed by atoms with van der Waals surface area (Å²) in [5, 5.41) is 4.58. The number of H-pyrrole nitrogens is 1. The molecule has 0 saturated carbocycles. The van der Waals surface area contributed by atoms with Crippen LogP contribution in [0.5, 0.6) is 0 Å². The summed E-state index contributed by atoms with van der Waals surface area (Å²) in [7, 11) is 3.64. The molecular formula is C14H24N4O2S. The van der Waals surface area contributed by atoms with E-state index in [0.717, 1.165) is 47.4 Å². The van der Waals surface area contributed by atoms with E-state index < -0.39 is 0 Å². The van der Waals surface area contributed by atoms with E-state index in [0.29, 0.717) is 19.8 Å². The molecule has 0 unspecified atom stereocenters. The van der Waals surface area contributed by atoms with Gasteiger partial charge in [-0.15, -0.1) is 0 Å². The summed E-state index contributed by atoms with van der Waals surface area (Å²) in [6.07, 6.45) is 2.96. The molecule has 0 aliphatic carbocycles. The number of aryl methyl sites for hydroxylation is 3. The number of rotatable bonds is 9. The molecule has 6 nitrogen and oxygen atoms in total. The van der Waals surface area contributed by atoms with Crippen LogP contribution in [0.2, 0.25) is 0 Å². The van der Waals surface area contributed by atoms with Crippen LogP contribution >= 0.6 is 12.2 Å². The lowest BCUT2D eigenvalue weighted by Gasteiger charge is -2.06. The highest BCUT2D eigenvalue weighted by Gasteiger charge is 2.14. The Morgan fingerprint density at radius 2 is 2.10 bits per heavy atom. The van der Waals surface area contributed by atoms with Gasteiger partial charge in [0.1, 0.15) is 5.52 Å². The zero-order valence-corrected chi connectivity index (χ0v) is 13.8. The fourth-order valence-corrected chi connectivity index (χ4v) is 2.75. The van der Waals surface area contributed by atoms with Gasteiger partial charge < -0.3 is 19.0 Å². The Labute approximate surface area is 130 Å². The highest BCUT2D eigenvalue weighted by molar-refractivity contribution is 7.71. The molecule has 2 aromatic heterocycles. The van der Waals surface area contributed by atoms with Crippen molar-refractivity contribution in [2.75, 3.05) is 26.9 Å². The molecule has 2 rings (SSSR count). The molecule has 2 aromatic rings. The van der Waals surface area contributed by atoms with E-state index in [4.69, 9.17) is 21.7 Å². The molecule has 0 spiro atoms. The largest absolute Gasteiger partial charge is 0.382 e. The maximum atomic E-state index is 5.49. The maximum absolute atomic E-state index is 5.49. The lowest BCUT2D eigenvalue weighted by Crippen LogP contribution is -2.08. The van der Waals surface area contributed by atoms with Crippen molar-refractivity contribution in [2.24, 2.45) is 7.05 Å². The van der Waals surface area contributed by atoms with Crippen molar-refractivity contribution >= 4 is 23.4 Å². The molecule has 0 radical (unpaired) electrons. The molecule has 0 fully saturated rings. The van der Waals surface area contributed by atoms with Gasteiger partial charge in [-0.05, 0) is 25.1 Å². The standard InChI is InChI=1S/C14H24N4O2S/c1-4-6-11-12-13(17(2)16-11)18(14(21)15-12)7-5-8-20-10-9-19-3/h4-10H2,1-3H3,(H,15,21). The summed E-state index contributed by atoms with van der Waals surface area (Å²) in [5.41, 5.74) is 3.24. The molecule has 0 bridgehead atoms. The molecule has 7 heteroatoms. The minimum atomic E-state index is 0.635. The van der Waals surface area contributed by atoms with Crippen LogP contribution in [0.25, 0.3) is 11.2 Å². The Morgan fingerprint density at radius 3 is 2.81 bits per heavy atom. The molecule has 0 aromatic carbocycles. The lowest BCUT2D eigenvalue weighted by atomic mass is 10.2. The minimum absolute atomic E-state index is 0.635. The molecule has 118 valence electrons. The van der Waals surface area contributed by atoms with Crippen LogP contribution in [0.3, 0.4) is 0 Å². The molecule has 0 aliphatic heterocycles. The van der Waals surface area contributed by atoms with Crippen LogP contribution in [0, 0.1) is 4.77 Å². The number of nitrogens with one attached hydrogen (secondary N) is 1. The third kappa shape index (κ3) is 3.72. The summed E-state index contributed by atoms with van der Waals surface area (Å²) >= 11 is 5.44. The van der Waals surface area contributed by atoms with Gasteiger partial charge in [0.25, 0.3) is 0 Å². The third-order valence-corrected chi connectivity index (χ3v) is 3.73. The Hall–Kier alpha value is -1.18. The van der Waals surface area contributed by atoms with Crippen molar-refractivity contribution in [2.45, 2.75) is 32.7 Å². The van der Waals surface area contributed by atoms with E-state index in [1.807, 2.05) is 11.7 Å². The van der Waals surface area contributed by atoms with Gasteiger partial charge in [0, 0.05) is 27.3 Å². The SMILES string of the molecule is CCCc1nn(C)c2c1[nH]c(=S)n2CCCOCCOC. The summed E-state index contributed by atoms with van der Waals surface area (Å²) in [6, 6.07) is 0. The first-order valence-electron chi connectivity index (χ1n) is 7.40. The van der Waals surface area contributed by atoms with E-state index in [-0.39, 0.29) is 0 Å². The number of imidazole rings is 1. The van der Waals surface area contributed by atoms with Crippen LogP contribution in [0.15, 0.2) is 0 Å². The smallest absolute Gasteiger partial charge is 0.179 e. The van der Waals surface area contributed by atoms with E-state index in [9.17, 15) is 0 Å². The number of methoxy groups -OCH3 is 1. The van der Waals surface area contributed by atoms with E-state index >= 15 is 0 Å². The predicted octanol–water partition coefficient (Wildman–Crippen LogP) is 2.44. The average molecular weight is 312 g/mol. The second-order valence-electron chi connectivity index (χ2n) is 5.06. The summed E-state index contributed by atoms with van der Waals surface area (Å²) < 4.78 is 15.2. The van der Waals surface area contributed by atoms with Gasteiger partial charge in [0.2, 0.25) is 0 Å². The van der Waals surface area contributed by atoms with Crippen LogP contribution in [-0.2, 0) is 29.5 Å². The fourth-order valence-electron chi connectivity index (χ4n) is 2.47. The predicted molar refractivity (Wildman–Crippen MR) is 85.2 cm³/mol. The normalized spacial score (nSPS) is 11.6. The van der Waals surface area contributed by atoms with E-state index in [2.05, 4.69) is 21.6 Å². The number of aromatic nitrogens is 4. The number of nitrogens with zero attached hydrogens (tertiary/aromatic N) is 3. The average Bonchev–Trinajstić information content (AvgIpc) is 2.93. The second kappa shape index (κ2) is 7.72. The van der Waals surface area contributed by atoms with Gasteiger partial charge in [0.05, 0.1) is 18.9 Å². The number of hydrogen-bond donors (Lipinski definition) is 1. The van der Waals surface area contributed by atoms with Gasteiger partial charge >= 0.3 is 0 Å². The van der Waals surface area contributed by atoms with Crippen molar-refractivity contribution in [3.8, 4) is 0 Å². The van der Waals surface area contributed by atoms with E-state index in [1.54, 1.807) is 7.11 Å². The fraction of sp³-hybridized carbons (Fsp3) is 0.714. The molecule has 1 N–H and O–H groups in total. The summed E-state index contributed by atoms with van der Waals surface area (Å²) in [6.45, 7) is 4.96.